The van der Waals surface area contributed by atoms with Gasteiger partial charge in [0.1, 0.15) is 16.7 Å². The zero-order valence-electron chi connectivity index (χ0n) is 13.3. The fraction of sp³-hybridized carbons (Fsp3) is 0.188. The lowest BCUT2D eigenvalue weighted by atomic mass is 10.2. The van der Waals surface area contributed by atoms with E-state index < -0.39 is 18.5 Å². The standard InChI is InChI=1S/C16H14Cl2N2O5/c1-23-11-4-10(5-12(6-11)24-2)20-14(21)8-25-16(22)9-3-13(17)15(18)19-7-9/h3-7H,8H2,1-2H3,(H,20,21). The molecule has 0 saturated carbocycles. The van der Waals surface area contributed by atoms with Gasteiger partial charge in [-0.2, -0.15) is 0 Å². The van der Waals surface area contributed by atoms with Gasteiger partial charge in [0.2, 0.25) is 0 Å². The summed E-state index contributed by atoms with van der Waals surface area (Å²) in [5.74, 6) is -0.261. The van der Waals surface area contributed by atoms with Crippen LogP contribution in [0.4, 0.5) is 5.69 Å². The van der Waals surface area contributed by atoms with Crippen LogP contribution in [-0.2, 0) is 9.53 Å². The van der Waals surface area contributed by atoms with Gasteiger partial charge in [0.15, 0.2) is 6.61 Å². The van der Waals surface area contributed by atoms with Crippen molar-refractivity contribution in [2.45, 2.75) is 0 Å². The molecule has 9 heteroatoms. The third-order valence-corrected chi connectivity index (χ3v) is 3.69. The van der Waals surface area contributed by atoms with Crippen molar-refractivity contribution in [1.82, 2.24) is 4.98 Å². The molecule has 0 bridgehead atoms. The van der Waals surface area contributed by atoms with Crippen molar-refractivity contribution < 1.29 is 23.8 Å². The van der Waals surface area contributed by atoms with Crippen molar-refractivity contribution in [1.29, 1.82) is 0 Å². The summed E-state index contributed by atoms with van der Waals surface area (Å²) in [6.07, 6.45) is 1.21. The molecule has 0 fully saturated rings. The van der Waals surface area contributed by atoms with Crippen LogP contribution in [0, 0.1) is 0 Å². The number of carbonyl (C=O) groups is 2. The lowest BCUT2D eigenvalue weighted by Crippen LogP contribution is -2.21. The van der Waals surface area contributed by atoms with Gasteiger partial charge >= 0.3 is 5.97 Å². The minimum atomic E-state index is -0.746. The lowest BCUT2D eigenvalue weighted by Gasteiger charge is -2.10. The molecule has 2 rings (SSSR count). The molecule has 7 nitrogen and oxygen atoms in total. The van der Waals surface area contributed by atoms with Gasteiger partial charge in [-0.1, -0.05) is 23.2 Å². The average Bonchev–Trinajstić information content (AvgIpc) is 2.61. The Kier molecular flexibility index (Phi) is 6.44. The molecule has 0 aliphatic carbocycles. The van der Waals surface area contributed by atoms with E-state index in [0.717, 1.165) is 0 Å². The molecule has 25 heavy (non-hydrogen) atoms. The van der Waals surface area contributed by atoms with Crippen LogP contribution in [-0.4, -0.2) is 37.7 Å². The molecule has 1 heterocycles. The Labute approximate surface area is 153 Å². The summed E-state index contributed by atoms with van der Waals surface area (Å²) in [7, 11) is 2.99. The van der Waals surface area contributed by atoms with Gasteiger partial charge in [0.25, 0.3) is 5.91 Å². The number of hydrogen-bond donors (Lipinski definition) is 1. The van der Waals surface area contributed by atoms with Crippen LogP contribution in [0.1, 0.15) is 10.4 Å². The second-order valence-electron chi connectivity index (χ2n) is 4.72. The third-order valence-electron chi connectivity index (χ3n) is 3.00. The van der Waals surface area contributed by atoms with E-state index in [1.807, 2.05) is 0 Å². The van der Waals surface area contributed by atoms with Crippen molar-refractivity contribution in [3.63, 3.8) is 0 Å². The molecule has 132 valence electrons. The number of benzene rings is 1. The van der Waals surface area contributed by atoms with Crippen molar-refractivity contribution in [3.05, 3.63) is 46.2 Å². The van der Waals surface area contributed by atoms with Gasteiger partial charge in [-0.15, -0.1) is 0 Å². The topological polar surface area (TPSA) is 86.8 Å². The quantitative estimate of drug-likeness (QED) is 0.607. The number of nitrogens with one attached hydrogen (secondary N) is 1. The molecular weight excluding hydrogens is 371 g/mol. The average molecular weight is 385 g/mol. The van der Waals surface area contributed by atoms with Crippen molar-refractivity contribution in [2.75, 3.05) is 26.1 Å². The first kappa shape index (κ1) is 18.8. The normalized spacial score (nSPS) is 10.1. The Morgan fingerprint density at radius 3 is 2.28 bits per heavy atom. The first-order chi connectivity index (χ1) is 11.9. The van der Waals surface area contributed by atoms with Crippen LogP contribution in [0.5, 0.6) is 11.5 Å². The monoisotopic (exact) mass is 384 g/mol. The number of nitrogens with zero attached hydrogens (tertiary/aromatic N) is 1. The summed E-state index contributed by atoms with van der Waals surface area (Å²) < 4.78 is 15.1. The Hall–Kier alpha value is -2.51. The van der Waals surface area contributed by atoms with Gasteiger partial charge in [-0.05, 0) is 6.07 Å². The zero-order chi connectivity index (χ0) is 18.4. The van der Waals surface area contributed by atoms with Crippen molar-refractivity contribution in [2.24, 2.45) is 0 Å². The molecule has 1 amide bonds. The van der Waals surface area contributed by atoms with Crippen LogP contribution in [0.15, 0.2) is 30.5 Å². The maximum Gasteiger partial charge on any atom is 0.340 e. The van der Waals surface area contributed by atoms with E-state index in [2.05, 4.69) is 10.3 Å². The molecule has 0 spiro atoms. The van der Waals surface area contributed by atoms with Crippen LogP contribution in [0.25, 0.3) is 0 Å². The molecule has 1 N–H and O–H groups in total. The molecule has 0 atom stereocenters. The van der Waals surface area contributed by atoms with E-state index in [4.69, 9.17) is 37.4 Å². The lowest BCUT2D eigenvalue weighted by molar-refractivity contribution is -0.119. The molecule has 0 unspecified atom stereocenters. The first-order valence-electron chi connectivity index (χ1n) is 6.94. The number of halogens is 2. The molecule has 0 aliphatic rings. The summed E-state index contributed by atoms with van der Waals surface area (Å²) in [6, 6.07) is 6.17. The van der Waals surface area contributed by atoms with Crippen LogP contribution >= 0.6 is 23.2 Å². The maximum atomic E-state index is 11.9. The molecule has 0 aliphatic heterocycles. The Morgan fingerprint density at radius 1 is 1.08 bits per heavy atom. The zero-order valence-corrected chi connectivity index (χ0v) is 14.9. The predicted molar refractivity (Wildman–Crippen MR) is 92.7 cm³/mol. The SMILES string of the molecule is COc1cc(NC(=O)COC(=O)c2cnc(Cl)c(Cl)c2)cc(OC)c1. The Morgan fingerprint density at radius 2 is 1.72 bits per heavy atom. The summed E-state index contributed by atoms with van der Waals surface area (Å²) >= 11 is 11.5. The number of carbonyl (C=O) groups excluding carboxylic acids is 2. The summed E-state index contributed by atoms with van der Waals surface area (Å²) in [4.78, 5) is 27.6. The summed E-state index contributed by atoms with van der Waals surface area (Å²) in [5, 5.41) is 2.77. The van der Waals surface area contributed by atoms with E-state index in [-0.39, 0.29) is 15.7 Å². The van der Waals surface area contributed by atoms with Crippen LogP contribution in [0.2, 0.25) is 10.2 Å². The van der Waals surface area contributed by atoms with E-state index in [1.54, 1.807) is 18.2 Å². The number of amides is 1. The van der Waals surface area contributed by atoms with Gasteiger partial charge in [0.05, 0.1) is 24.8 Å². The van der Waals surface area contributed by atoms with Gasteiger partial charge in [-0.25, -0.2) is 9.78 Å². The number of pyridine rings is 1. The molecule has 1 aromatic carbocycles. The minimum Gasteiger partial charge on any atom is -0.497 e. The highest BCUT2D eigenvalue weighted by atomic mass is 35.5. The highest BCUT2D eigenvalue weighted by Gasteiger charge is 2.13. The second-order valence-corrected chi connectivity index (χ2v) is 5.49. The molecule has 1 aromatic heterocycles. The maximum absolute atomic E-state index is 11.9. The third kappa shape index (κ3) is 5.23. The van der Waals surface area contributed by atoms with Crippen molar-refractivity contribution >= 4 is 40.8 Å². The summed E-state index contributed by atoms with van der Waals surface area (Å²) in [5.41, 5.74) is 0.527. The largest absolute Gasteiger partial charge is 0.497 e. The van der Waals surface area contributed by atoms with E-state index in [9.17, 15) is 9.59 Å². The molecular formula is C16H14Cl2N2O5. The Bertz CT molecular complexity index is 776. The van der Waals surface area contributed by atoms with E-state index >= 15 is 0 Å². The number of ether oxygens (including phenoxy) is 3. The number of esters is 1. The predicted octanol–water partition coefficient (Wildman–Crippen LogP) is 3.20. The second kappa shape index (κ2) is 8.55. The van der Waals surface area contributed by atoms with E-state index in [1.165, 1.54) is 26.5 Å². The fourth-order valence-corrected chi connectivity index (χ4v) is 2.09. The van der Waals surface area contributed by atoms with Gasteiger partial charge in [-0.3, -0.25) is 4.79 Å². The number of methoxy groups -OCH3 is 2. The first-order valence-corrected chi connectivity index (χ1v) is 7.69. The van der Waals surface area contributed by atoms with Gasteiger partial charge in [0, 0.05) is 30.1 Å². The van der Waals surface area contributed by atoms with Crippen LogP contribution < -0.4 is 14.8 Å². The van der Waals surface area contributed by atoms with E-state index in [0.29, 0.717) is 17.2 Å². The minimum absolute atomic E-state index is 0.0722. The van der Waals surface area contributed by atoms with Crippen LogP contribution in [0.3, 0.4) is 0 Å². The van der Waals surface area contributed by atoms with Gasteiger partial charge < -0.3 is 19.5 Å². The molecule has 0 saturated heterocycles. The Balaban J connectivity index is 1.96. The smallest absolute Gasteiger partial charge is 0.340 e. The fourth-order valence-electron chi connectivity index (χ4n) is 1.82. The molecule has 0 radical (unpaired) electrons. The number of anilines is 1. The number of hydrogen-bond acceptors (Lipinski definition) is 6. The number of rotatable bonds is 6. The number of aromatic nitrogens is 1. The summed E-state index contributed by atoms with van der Waals surface area (Å²) in [6.45, 7) is -0.487. The highest BCUT2D eigenvalue weighted by Crippen LogP contribution is 2.25. The highest BCUT2D eigenvalue weighted by molar-refractivity contribution is 6.41. The molecule has 2 aromatic rings. The van der Waals surface area contributed by atoms with Crippen molar-refractivity contribution in [3.8, 4) is 11.5 Å².